The van der Waals surface area contributed by atoms with Crippen molar-refractivity contribution in [3.05, 3.63) is 34.0 Å². The molecule has 0 fully saturated rings. The van der Waals surface area contributed by atoms with Crippen molar-refractivity contribution >= 4 is 11.9 Å². The van der Waals surface area contributed by atoms with Crippen LogP contribution in [0.4, 0.5) is 5.82 Å². The van der Waals surface area contributed by atoms with Gasteiger partial charge >= 0.3 is 82.3 Å². The fraction of sp³-hybridized carbons (Fsp3) is 0.111. The number of pyridine rings is 1. The van der Waals surface area contributed by atoms with E-state index in [0.29, 0.717) is 0 Å². The van der Waals surface area contributed by atoms with Crippen molar-refractivity contribution in [1.82, 2.24) is 4.98 Å². The maximum absolute atomic E-state index is 4.32. The molecule has 1 aliphatic heterocycles. The van der Waals surface area contributed by atoms with Gasteiger partial charge in [-0.2, -0.15) is 0 Å². The summed E-state index contributed by atoms with van der Waals surface area (Å²) in [4.78, 5) is 6.57. The molecule has 0 saturated heterocycles. The predicted octanol–water partition coefficient (Wildman–Crippen LogP) is -1.43. The van der Waals surface area contributed by atoms with Gasteiger partial charge in [-0.1, -0.05) is 0 Å². The number of rotatable bonds is 1. The van der Waals surface area contributed by atoms with Crippen LogP contribution in [-0.4, -0.2) is 9.91 Å². The predicted molar refractivity (Wildman–Crippen MR) is 45.8 cm³/mol. The summed E-state index contributed by atoms with van der Waals surface area (Å²) in [7, 11) is 0. The molecule has 0 saturated carbocycles. The van der Waals surface area contributed by atoms with Crippen LogP contribution in [0.25, 0.3) is 6.08 Å². The van der Waals surface area contributed by atoms with E-state index in [1.165, 1.54) is 9.13 Å². The minimum atomic E-state index is 0. The van der Waals surface area contributed by atoms with Gasteiger partial charge in [0.2, 0.25) is 0 Å². The molecular weight excluding hydrogens is 501 g/mol. The Bertz CT molecular complexity index is 325. The van der Waals surface area contributed by atoms with Crippen molar-refractivity contribution in [3.8, 4) is 0 Å². The first-order valence-electron chi connectivity index (χ1n) is 3.66. The normalized spacial score (nSPS) is 12.4. The van der Waals surface area contributed by atoms with Crippen LogP contribution in [0.5, 0.6) is 0 Å². The smallest absolute Gasteiger partial charge is 0 e. The first-order valence-corrected chi connectivity index (χ1v) is 6.90. The van der Waals surface area contributed by atoms with E-state index in [4.69, 9.17) is 0 Å². The van der Waals surface area contributed by atoms with Gasteiger partial charge in [0.15, 0.2) is 0 Å². The molecule has 68 valence electrons. The molecular formula is C9H9IN2U-2. The number of alkyl halides is 1. The Labute approximate surface area is 112 Å². The summed E-state index contributed by atoms with van der Waals surface area (Å²) in [5.41, 5.74) is 1.21. The zero-order valence-electron chi connectivity index (χ0n) is 7.21. The van der Waals surface area contributed by atoms with Crippen LogP contribution >= 0.6 is 0 Å². The zero-order chi connectivity index (χ0) is 8.39. The molecule has 4 heteroatoms. The first kappa shape index (κ1) is 11.4. The van der Waals surface area contributed by atoms with E-state index in [2.05, 4.69) is 27.4 Å². The van der Waals surface area contributed by atoms with Crippen LogP contribution in [0.2, 0.25) is 0 Å². The van der Waals surface area contributed by atoms with Crippen molar-refractivity contribution < 1.29 is 52.3 Å². The second-order valence-electron chi connectivity index (χ2n) is 2.45. The molecule has 0 aliphatic carbocycles. The van der Waals surface area contributed by atoms with E-state index >= 15 is 0 Å². The SMILES string of the molecule is C[I-]c1cnc2c(c1)C=C[CH-]N2.[U]. The van der Waals surface area contributed by atoms with E-state index in [9.17, 15) is 0 Å². The van der Waals surface area contributed by atoms with Crippen molar-refractivity contribution in [2.75, 3.05) is 10.2 Å². The summed E-state index contributed by atoms with van der Waals surface area (Å²) in [5.74, 6) is 0.971. The number of fused-ring (bicyclic) bond motifs is 1. The molecule has 0 spiro atoms. The van der Waals surface area contributed by atoms with Gasteiger partial charge in [0, 0.05) is 31.1 Å². The molecule has 0 unspecified atom stereocenters. The van der Waals surface area contributed by atoms with Crippen LogP contribution in [0.3, 0.4) is 0 Å². The molecule has 13 heavy (non-hydrogen) atoms. The van der Waals surface area contributed by atoms with Gasteiger partial charge < -0.3 is 0 Å². The Morgan fingerprint density at radius 1 is 1.54 bits per heavy atom. The number of nitrogens with zero attached hydrogens (tertiary/aromatic N) is 1. The Morgan fingerprint density at radius 2 is 2.38 bits per heavy atom. The molecule has 0 aromatic carbocycles. The topological polar surface area (TPSA) is 24.9 Å². The van der Waals surface area contributed by atoms with E-state index < -0.39 is 0 Å². The minimum Gasteiger partial charge on any atom is 0 e. The molecule has 1 aliphatic rings. The van der Waals surface area contributed by atoms with Gasteiger partial charge in [0.05, 0.1) is 0 Å². The Balaban J connectivity index is 0.000000845. The quantitative estimate of drug-likeness (QED) is 0.285. The fourth-order valence-corrected chi connectivity index (χ4v) is 2.15. The minimum absolute atomic E-state index is 0. The molecule has 2 rings (SSSR count). The van der Waals surface area contributed by atoms with Gasteiger partial charge in [0.1, 0.15) is 0 Å². The van der Waals surface area contributed by atoms with Crippen LogP contribution in [0, 0.1) is 41.2 Å². The number of hydrogen-bond donors (Lipinski definition) is 1. The monoisotopic (exact) mass is 510 g/mol. The third-order valence-corrected chi connectivity index (χ3v) is 3.53. The van der Waals surface area contributed by atoms with Crippen molar-refractivity contribution in [1.29, 1.82) is 0 Å². The number of halogens is 1. The fourth-order valence-electron chi connectivity index (χ4n) is 1.08. The van der Waals surface area contributed by atoms with E-state index in [0.717, 1.165) is 5.82 Å². The maximum atomic E-state index is 4.32. The first-order chi connectivity index (χ1) is 5.90. The maximum Gasteiger partial charge on any atom is 0 e. The summed E-state index contributed by atoms with van der Waals surface area (Å²) in [6, 6.07) is 2.21. The zero-order valence-corrected chi connectivity index (χ0v) is 13.5. The van der Waals surface area contributed by atoms with Crippen LogP contribution in [0.15, 0.2) is 18.3 Å². The van der Waals surface area contributed by atoms with Gasteiger partial charge in [-0.05, 0) is 0 Å². The van der Waals surface area contributed by atoms with E-state index in [1.807, 2.05) is 18.8 Å². The average molecular weight is 510 g/mol. The third-order valence-electron chi connectivity index (χ3n) is 1.69. The molecule has 0 bridgehead atoms. The number of aromatic nitrogens is 1. The average Bonchev–Trinajstić information content (AvgIpc) is 2.17. The van der Waals surface area contributed by atoms with E-state index in [-0.39, 0.29) is 52.3 Å². The van der Waals surface area contributed by atoms with Gasteiger partial charge in [0.25, 0.3) is 0 Å². The Morgan fingerprint density at radius 3 is 3.15 bits per heavy atom. The largest absolute Gasteiger partial charge is 0 e. The summed E-state index contributed by atoms with van der Waals surface area (Å²) in [6.07, 6.45) is 6.05. The standard InChI is InChI=1S/C9H9IN2.U/c1-10-8-5-7-3-2-4-11-9(7)12-6-8;/h2-6H,1H3,(H,11,12);/q-2;. The molecule has 1 aromatic heterocycles. The number of nitrogens with one attached hydrogen (secondary N) is 1. The molecule has 0 amide bonds. The van der Waals surface area contributed by atoms with Crippen LogP contribution in [0.1, 0.15) is 5.56 Å². The summed E-state index contributed by atoms with van der Waals surface area (Å²) in [5, 5.41) is 3.10. The van der Waals surface area contributed by atoms with Crippen LogP contribution < -0.4 is 26.5 Å². The second-order valence-corrected chi connectivity index (χ2v) is 4.77. The van der Waals surface area contributed by atoms with Crippen molar-refractivity contribution in [3.63, 3.8) is 0 Å². The van der Waals surface area contributed by atoms with Gasteiger partial charge in [-0.25, -0.2) is 0 Å². The molecule has 1 aromatic rings. The van der Waals surface area contributed by atoms with Crippen molar-refractivity contribution in [2.24, 2.45) is 0 Å². The summed E-state index contributed by atoms with van der Waals surface area (Å²) < 4.78 is 1.39. The summed E-state index contributed by atoms with van der Waals surface area (Å²) in [6.45, 7) is 1.90. The van der Waals surface area contributed by atoms with E-state index in [1.54, 1.807) is 0 Å². The van der Waals surface area contributed by atoms with Crippen LogP contribution in [-0.2, 0) is 0 Å². The molecule has 2 nitrogen and oxygen atoms in total. The molecule has 2 heterocycles. The third kappa shape index (κ3) is 2.64. The van der Waals surface area contributed by atoms with Gasteiger partial charge in [-0.15, -0.1) is 0 Å². The Hall–Kier alpha value is 0.342. The second kappa shape index (κ2) is 5.28. The van der Waals surface area contributed by atoms with Crippen molar-refractivity contribution in [2.45, 2.75) is 0 Å². The number of anilines is 1. The Kier molecular flexibility index (Phi) is 4.64. The molecule has 0 radical (unpaired) electrons. The van der Waals surface area contributed by atoms with Gasteiger partial charge in [-0.3, -0.25) is 0 Å². The number of hydrogen-bond acceptors (Lipinski definition) is 2. The molecule has 1 N–H and O–H groups in total. The molecule has 0 atom stereocenters. The summed E-state index contributed by atoms with van der Waals surface area (Å²) >= 11 is 0.158.